The van der Waals surface area contributed by atoms with Crippen LogP contribution in [0.15, 0.2) is 35.3 Å². The molecule has 3 rings (SSSR count). The summed E-state index contributed by atoms with van der Waals surface area (Å²) >= 11 is 0. The average molecular weight is 513 g/mol. The lowest BCUT2D eigenvalue weighted by atomic mass is 9.85. The first-order chi connectivity index (χ1) is 13.5. The highest BCUT2D eigenvalue weighted by Crippen LogP contribution is 2.39. The molecule has 1 saturated carbocycles. The Morgan fingerprint density at radius 1 is 1.24 bits per heavy atom. The van der Waals surface area contributed by atoms with Gasteiger partial charge in [-0.1, -0.05) is 31.0 Å². The normalized spacial score (nSPS) is 20.9. The molecule has 1 aromatic carbocycles. The highest BCUT2D eigenvalue weighted by Gasteiger charge is 2.42. The van der Waals surface area contributed by atoms with Crippen LogP contribution in [0.1, 0.15) is 39.0 Å². The van der Waals surface area contributed by atoms with E-state index in [1.165, 1.54) is 5.69 Å². The molecule has 0 aromatic heterocycles. The zero-order chi connectivity index (χ0) is 20.0. The number of guanidine groups is 1. The molecule has 1 aromatic rings. The van der Waals surface area contributed by atoms with Crippen molar-refractivity contribution in [2.75, 3.05) is 45.2 Å². The van der Waals surface area contributed by atoms with E-state index in [2.05, 4.69) is 52.8 Å². The van der Waals surface area contributed by atoms with Gasteiger partial charge in [0.25, 0.3) is 0 Å². The Morgan fingerprint density at radius 2 is 1.93 bits per heavy atom. The number of benzene rings is 1. The third-order valence-electron chi connectivity index (χ3n) is 5.96. The summed E-state index contributed by atoms with van der Waals surface area (Å²) < 4.78 is 0. The van der Waals surface area contributed by atoms with Gasteiger partial charge in [-0.3, -0.25) is 9.79 Å². The van der Waals surface area contributed by atoms with Crippen LogP contribution in [-0.4, -0.2) is 63.1 Å². The van der Waals surface area contributed by atoms with Crippen LogP contribution in [0.2, 0.25) is 0 Å². The van der Waals surface area contributed by atoms with Crippen molar-refractivity contribution in [3.63, 3.8) is 0 Å². The molecule has 1 unspecified atom stereocenters. The standard InChI is InChI=1S/C22H35N5O.HI/c1-4-23-21(24-17-22(13-8-9-14-22)20(28)26(2)3)25-18-12-15-27(16-18)19-10-6-5-7-11-19;/h5-7,10-11,18H,4,8-9,12-17H2,1-3H3,(H2,23,24,25);1H. The summed E-state index contributed by atoms with van der Waals surface area (Å²) in [5.74, 6) is 1.06. The van der Waals surface area contributed by atoms with E-state index in [1.54, 1.807) is 4.90 Å². The summed E-state index contributed by atoms with van der Waals surface area (Å²) in [6.07, 6.45) is 5.21. The second-order valence-electron chi connectivity index (χ2n) is 8.29. The van der Waals surface area contributed by atoms with Crippen molar-refractivity contribution in [3.8, 4) is 0 Å². The summed E-state index contributed by atoms with van der Waals surface area (Å²) in [5, 5.41) is 6.97. The van der Waals surface area contributed by atoms with Crippen molar-refractivity contribution in [2.45, 2.75) is 45.1 Å². The minimum atomic E-state index is -0.322. The lowest BCUT2D eigenvalue weighted by molar-refractivity contribution is -0.138. The molecule has 0 radical (unpaired) electrons. The predicted molar refractivity (Wildman–Crippen MR) is 131 cm³/mol. The van der Waals surface area contributed by atoms with E-state index >= 15 is 0 Å². The van der Waals surface area contributed by atoms with Crippen LogP contribution in [-0.2, 0) is 4.79 Å². The molecule has 1 heterocycles. The second kappa shape index (κ2) is 11.0. The molecule has 1 aliphatic heterocycles. The third kappa shape index (κ3) is 5.99. The van der Waals surface area contributed by atoms with Gasteiger partial charge in [-0.25, -0.2) is 0 Å². The Bertz CT molecular complexity index is 673. The molecule has 1 amide bonds. The maximum absolute atomic E-state index is 12.8. The Morgan fingerprint density at radius 3 is 2.55 bits per heavy atom. The van der Waals surface area contributed by atoms with Crippen LogP contribution in [0.4, 0.5) is 5.69 Å². The van der Waals surface area contributed by atoms with Crippen LogP contribution >= 0.6 is 24.0 Å². The smallest absolute Gasteiger partial charge is 0.230 e. The number of nitrogens with zero attached hydrogens (tertiary/aromatic N) is 3. The maximum atomic E-state index is 12.8. The van der Waals surface area contributed by atoms with Gasteiger partial charge in [0.15, 0.2) is 5.96 Å². The fraction of sp³-hybridized carbons (Fsp3) is 0.636. The fourth-order valence-electron chi connectivity index (χ4n) is 4.46. The number of nitrogens with one attached hydrogen (secondary N) is 2. The summed E-state index contributed by atoms with van der Waals surface area (Å²) in [7, 11) is 3.71. The number of amides is 1. The van der Waals surface area contributed by atoms with Gasteiger partial charge in [-0.15, -0.1) is 24.0 Å². The molecule has 6 nitrogen and oxygen atoms in total. The molecule has 162 valence electrons. The third-order valence-corrected chi connectivity index (χ3v) is 5.96. The van der Waals surface area contributed by atoms with Gasteiger partial charge in [-0.05, 0) is 38.3 Å². The molecule has 0 spiro atoms. The largest absolute Gasteiger partial charge is 0.369 e. The zero-order valence-electron chi connectivity index (χ0n) is 18.0. The van der Waals surface area contributed by atoms with Gasteiger partial charge in [0.05, 0.1) is 12.0 Å². The van der Waals surface area contributed by atoms with Crippen molar-refractivity contribution in [2.24, 2.45) is 10.4 Å². The van der Waals surface area contributed by atoms with E-state index < -0.39 is 0 Å². The number of rotatable bonds is 6. The van der Waals surface area contributed by atoms with Crippen LogP contribution in [0, 0.1) is 5.41 Å². The molecule has 29 heavy (non-hydrogen) atoms. The maximum Gasteiger partial charge on any atom is 0.230 e. The van der Waals surface area contributed by atoms with Gasteiger partial charge in [0.2, 0.25) is 5.91 Å². The van der Waals surface area contributed by atoms with E-state index in [0.717, 1.165) is 57.7 Å². The SMILES string of the molecule is CCNC(=NCC1(C(=O)N(C)C)CCCC1)NC1CCN(c2ccccc2)C1.I. The summed E-state index contributed by atoms with van der Waals surface area (Å²) in [6, 6.07) is 10.9. The number of aliphatic imine (C=N–C) groups is 1. The molecule has 0 bridgehead atoms. The molecule has 1 atom stereocenters. The predicted octanol–water partition coefficient (Wildman–Crippen LogP) is 3.09. The quantitative estimate of drug-likeness (QED) is 0.349. The van der Waals surface area contributed by atoms with Crippen LogP contribution in [0.25, 0.3) is 0 Å². The van der Waals surface area contributed by atoms with E-state index in [-0.39, 0.29) is 35.3 Å². The zero-order valence-corrected chi connectivity index (χ0v) is 20.3. The molecule has 2 aliphatic rings. The van der Waals surface area contributed by atoms with E-state index in [1.807, 2.05) is 14.1 Å². The first kappa shape index (κ1) is 23.8. The molecule has 7 heteroatoms. The van der Waals surface area contributed by atoms with Gasteiger partial charge in [0, 0.05) is 45.5 Å². The number of carbonyl (C=O) groups is 1. The van der Waals surface area contributed by atoms with Crippen LogP contribution in [0.5, 0.6) is 0 Å². The molecular weight excluding hydrogens is 477 g/mol. The summed E-state index contributed by atoms with van der Waals surface area (Å²) in [5.41, 5.74) is 0.952. The molecule has 2 N–H and O–H groups in total. The molecular formula is C22H36IN5O. The van der Waals surface area contributed by atoms with Crippen molar-refractivity contribution in [3.05, 3.63) is 30.3 Å². The van der Waals surface area contributed by atoms with E-state index in [4.69, 9.17) is 4.99 Å². The first-order valence-corrected chi connectivity index (χ1v) is 10.6. The number of hydrogen-bond donors (Lipinski definition) is 2. The lowest BCUT2D eigenvalue weighted by Crippen LogP contribution is -2.46. The Labute approximate surface area is 192 Å². The summed E-state index contributed by atoms with van der Waals surface area (Å²) in [4.78, 5) is 21.8. The van der Waals surface area contributed by atoms with Crippen molar-refractivity contribution < 1.29 is 4.79 Å². The minimum Gasteiger partial charge on any atom is -0.369 e. The Balaban J connectivity index is 0.00000300. The second-order valence-corrected chi connectivity index (χ2v) is 8.29. The van der Waals surface area contributed by atoms with Gasteiger partial charge < -0.3 is 20.4 Å². The minimum absolute atomic E-state index is 0. The number of para-hydroxylation sites is 1. The van der Waals surface area contributed by atoms with Gasteiger partial charge >= 0.3 is 0 Å². The van der Waals surface area contributed by atoms with Crippen molar-refractivity contribution in [1.82, 2.24) is 15.5 Å². The average Bonchev–Trinajstić information content (AvgIpc) is 3.37. The van der Waals surface area contributed by atoms with Crippen molar-refractivity contribution in [1.29, 1.82) is 0 Å². The Kier molecular flexibility index (Phi) is 9.04. The molecule has 1 aliphatic carbocycles. The van der Waals surface area contributed by atoms with Crippen LogP contribution in [0.3, 0.4) is 0 Å². The number of carbonyl (C=O) groups excluding carboxylic acids is 1. The van der Waals surface area contributed by atoms with Gasteiger partial charge in [0.1, 0.15) is 0 Å². The van der Waals surface area contributed by atoms with Crippen LogP contribution < -0.4 is 15.5 Å². The van der Waals surface area contributed by atoms with E-state index in [0.29, 0.717) is 12.6 Å². The summed E-state index contributed by atoms with van der Waals surface area (Å²) in [6.45, 7) is 5.48. The number of anilines is 1. The number of hydrogen-bond acceptors (Lipinski definition) is 3. The fourth-order valence-corrected chi connectivity index (χ4v) is 4.46. The topological polar surface area (TPSA) is 60.0 Å². The molecule has 1 saturated heterocycles. The molecule has 2 fully saturated rings. The highest BCUT2D eigenvalue weighted by molar-refractivity contribution is 14.0. The van der Waals surface area contributed by atoms with Crippen molar-refractivity contribution >= 4 is 41.5 Å². The van der Waals surface area contributed by atoms with E-state index in [9.17, 15) is 4.79 Å². The monoisotopic (exact) mass is 513 g/mol. The lowest BCUT2D eigenvalue weighted by Gasteiger charge is -2.29. The Hall–Kier alpha value is -1.51. The highest BCUT2D eigenvalue weighted by atomic mass is 127. The van der Waals surface area contributed by atoms with Gasteiger partial charge in [-0.2, -0.15) is 0 Å². The number of halogens is 1. The first-order valence-electron chi connectivity index (χ1n) is 10.6.